The van der Waals surface area contributed by atoms with Crippen LogP contribution in [0.3, 0.4) is 0 Å². The van der Waals surface area contributed by atoms with E-state index in [1.807, 2.05) is 13.8 Å². The Kier molecular flexibility index (Phi) is 5.05. The smallest absolute Gasteiger partial charge is 0.242 e. The molecule has 1 fully saturated rings. The van der Waals surface area contributed by atoms with Crippen LogP contribution in [-0.4, -0.2) is 21.0 Å². The normalized spacial score (nSPS) is 16.2. The fourth-order valence-electron chi connectivity index (χ4n) is 1.55. The Labute approximate surface area is 127 Å². The average molecular weight is 367 g/mol. The molecule has 2 N–H and O–H groups in total. The summed E-state index contributed by atoms with van der Waals surface area (Å²) in [5.74, 6) is 0.295. The van der Waals surface area contributed by atoms with Crippen molar-refractivity contribution in [1.29, 1.82) is 0 Å². The minimum Gasteiger partial charge on any atom is -0.309 e. The van der Waals surface area contributed by atoms with Gasteiger partial charge < -0.3 is 5.32 Å². The van der Waals surface area contributed by atoms with E-state index in [9.17, 15) is 8.42 Å². The van der Waals surface area contributed by atoms with Crippen molar-refractivity contribution in [3.05, 3.63) is 14.7 Å². The lowest BCUT2D eigenvalue weighted by Gasteiger charge is -2.07. The van der Waals surface area contributed by atoms with Crippen molar-refractivity contribution in [2.45, 2.75) is 44.2 Å². The first-order valence-electron chi connectivity index (χ1n) is 6.39. The second kappa shape index (κ2) is 6.22. The Morgan fingerprint density at radius 2 is 2.16 bits per heavy atom. The Morgan fingerprint density at radius 1 is 1.47 bits per heavy atom. The number of rotatable bonds is 7. The highest BCUT2D eigenvalue weighted by atomic mass is 79.9. The lowest BCUT2D eigenvalue weighted by Crippen LogP contribution is -2.27. The van der Waals surface area contributed by atoms with Crippen molar-refractivity contribution in [2.24, 2.45) is 5.92 Å². The molecule has 0 bridgehead atoms. The maximum atomic E-state index is 12.2. The molecule has 0 aliphatic heterocycles. The van der Waals surface area contributed by atoms with Crippen molar-refractivity contribution in [2.75, 3.05) is 6.54 Å². The minimum atomic E-state index is -3.40. The van der Waals surface area contributed by atoms with Crippen LogP contribution >= 0.6 is 27.3 Å². The van der Waals surface area contributed by atoms with E-state index < -0.39 is 10.0 Å². The summed E-state index contributed by atoms with van der Waals surface area (Å²) < 4.78 is 27.6. The summed E-state index contributed by atoms with van der Waals surface area (Å²) in [6.45, 7) is 5.17. The Balaban J connectivity index is 2.05. The summed E-state index contributed by atoms with van der Waals surface area (Å²) in [4.78, 5) is 1.40. The monoisotopic (exact) mass is 366 g/mol. The third-order valence-electron chi connectivity index (χ3n) is 2.82. The van der Waals surface area contributed by atoms with Crippen LogP contribution in [0.4, 0.5) is 0 Å². The molecule has 1 aromatic heterocycles. The lowest BCUT2D eigenvalue weighted by molar-refractivity contribution is 0.560. The van der Waals surface area contributed by atoms with E-state index >= 15 is 0 Å². The molecule has 0 atom stereocenters. The molecular formula is C12H19BrN2O2S2. The third-order valence-corrected chi connectivity index (χ3v) is 6.50. The predicted octanol–water partition coefficient (Wildman–Crippen LogP) is 2.70. The number of nitrogens with one attached hydrogen (secondary N) is 2. The number of hydrogen-bond donors (Lipinski definition) is 2. The lowest BCUT2D eigenvalue weighted by atomic mass is 10.2. The van der Waals surface area contributed by atoms with Crippen LogP contribution < -0.4 is 10.0 Å². The van der Waals surface area contributed by atoms with Crippen molar-refractivity contribution in [3.8, 4) is 0 Å². The van der Waals surface area contributed by atoms with Crippen molar-refractivity contribution in [1.82, 2.24) is 10.0 Å². The Bertz CT molecular complexity index is 536. The van der Waals surface area contributed by atoms with Crippen LogP contribution in [0.2, 0.25) is 0 Å². The van der Waals surface area contributed by atoms with Gasteiger partial charge in [0.05, 0.1) is 3.79 Å². The molecule has 0 unspecified atom stereocenters. The van der Waals surface area contributed by atoms with Crippen LogP contribution in [0.15, 0.2) is 14.7 Å². The van der Waals surface area contributed by atoms with Gasteiger partial charge in [-0.2, -0.15) is 0 Å². The first-order valence-corrected chi connectivity index (χ1v) is 9.49. The Morgan fingerprint density at radius 3 is 2.74 bits per heavy atom. The topological polar surface area (TPSA) is 58.2 Å². The largest absolute Gasteiger partial charge is 0.309 e. The molecule has 0 saturated heterocycles. The molecule has 0 aromatic carbocycles. The van der Waals surface area contributed by atoms with E-state index in [1.54, 1.807) is 6.07 Å². The number of sulfonamides is 1. The summed E-state index contributed by atoms with van der Waals surface area (Å²) in [6, 6.07) is 2.38. The zero-order chi connectivity index (χ0) is 14.0. The minimum absolute atomic E-state index is 0.295. The standard InChI is InChI=1S/C12H19BrN2O2S2/c1-8(2)6-15-19(16,17)11-5-10(18-12(11)13)7-14-9-3-4-9/h5,8-9,14-15H,3-4,6-7H2,1-2H3. The average Bonchev–Trinajstić information content (AvgIpc) is 3.07. The van der Waals surface area contributed by atoms with Gasteiger partial charge >= 0.3 is 0 Å². The van der Waals surface area contributed by atoms with Gasteiger partial charge in [0.1, 0.15) is 4.90 Å². The number of halogens is 1. The highest BCUT2D eigenvalue weighted by molar-refractivity contribution is 9.11. The molecule has 4 nitrogen and oxygen atoms in total. The van der Waals surface area contributed by atoms with Gasteiger partial charge in [-0.1, -0.05) is 13.8 Å². The quantitative estimate of drug-likeness (QED) is 0.779. The van der Waals surface area contributed by atoms with Gasteiger partial charge in [0, 0.05) is 24.0 Å². The molecule has 1 aromatic rings. The third kappa shape index (κ3) is 4.53. The summed E-state index contributed by atoms with van der Waals surface area (Å²) in [6.07, 6.45) is 2.46. The molecule has 1 saturated carbocycles. The molecule has 0 radical (unpaired) electrons. The fraction of sp³-hybridized carbons (Fsp3) is 0.667. The zero-order valence-corrected chi connectivity index (χ0v) is 14.3. The first-order chi connectivity index (χ1) is 8.88. The molecule has 108 valence electrons. The molecule has 2 rings (SSSR count). The summed E-state index contributed by atoms with van der Waals surface area (Å²) in [7, 11) is -3.40. The summed E-state index contributed by atoms with van der Waals surface area (Å²) in [5, 5.41) is 3.39. The fourth-order valence-corrected chi connectivity index (χ4v) is 5.40. The van der Waals surface area contributed by atoms with Crippen LogP contribution in [-0.2, 0) is 16.6 Å². The second-order valence-corrected chi connectivity index (χ2v) is 9.44. The molecule has 1 heterocycles. The molecule has 1 aliphatic rings. The van der Waals surface area contributed by atoms with E-state index in [0.717, 1.165) is 11.4 Å². The molecular weight excluding hydrogens is 348 g/mol. The van der Waals surface area contributed by atoms with Crippen LogP contribution in [0.25, 0.3) is 0 Å². The Hall–Kier alpha value is 0.0500. The van der Waals surface area contributed by atoms with Gasteiger partial charge in [0.15, 0.2) is 0 Å². The molecule has 0 amide bonds. The van der Waals surface area contributed by atoms with E-state index in [4.69, 9.17) is 0 Å². The molecule has 1 aliphatic carbocycles. The van der Waals surface area contributed by atoms with E-state index in [-0.39, 0.29) is 0 Å². The van der Waals surface area contributed by atoms with E-state index in [2.05, 4.69) is 26.0 Å². The second-order valence-electron chi connectivity index (χ2n) is 5.25. The van der Waals surface area contributed by atoms with Gasteiger partial charge in [-0.15, -0.1) is 11.3 Å². The van der Waals surface area contributed by atoms with Crippen LogP contribution in [0, 0.1) is 5.92 Å². The maximum absolute atomic E-state index is 12.2. The molecule has 7 heteroatoms. The summed E-state index contributed by atoms with van der Waals surface area (Å²) >= 11 is 4.83. The van der Waals surface area contributed by atoms with E-state index in [1.165, 1.54) is 24.2 Å². The van der Waals surface area contributed by atoms with Crippen molar-refractivity contribution in [3.63, 3.8) is 0 Å². The first kappa shape index (κ1) is 15.4. The van der Waals surface area contributed by atoms with Crippen molar-refractivity contribution >= 4 is 37.3 Å². The van der Waals surface area contributed by atoms with E-state index in [0.29, 0.717) is 27.2 Å². The summed E-state index contributed by atoms with van der Waals surface area (Å²) in [5.41, 5.74) is 0. The SMILES string of the molecule is CC(C)CNS(=O)(=O)c1cc(CNC2CC2)sc1Br. The zero-order valence-electron chi connectivity index (χ0n) is 11.1. The van der Waals surface area contributed by atoms with Crippen LogP contribution in [0.1, 0.15) is 31.6 Å². The predicted molar refractivity (Wildman–Crippen MR) is 81.9 cm³/mol. The van der Waals surface area contributed by atoms with Gasteiger partial charge in [-0.05, 0) is 40.8 Å². The van der Waals surface area contributed by atoms with Crippen LogP contribution in [0.5, 0.6) is 0 Å². The molecule has 0 spiro atoms. The molecule has 19 heavy (non-hydrogen) atoms. The highest BCUT2D eigenvalue weighted by Gasteiger charge is 2.23. The number of hydrogen-bond acceptors (Lipinski definition) is 4. The van der Waals surface area contributed by atoms with Gasteiger partial charge in [0.2, 0.25) is 10.0 Å². The van der Waals surface area contributed by atoms with Crippen molar-refractivity contribution < 1.29 is 8.42 Å². The van der Waals surface area contributed by atoms with Gasteiger partial charge in [-0.3, -0.25) is 0 Å². The number of thiophene rings is 1. The highest BCUT2D eigenvalue weighted by Crippen LogP contribution is 2.32. The van der Waals surface area contributed by atoms with Gasteiger partial charge in [0.25, 0.3) is 0 Å². The maximum Gasteiger partial charge on any atom is 0.242 e. The van der Waals surface area contributed by atoms with Gasteiger partial charge in [-0.25, -0.2) is 13.1 Å².